The molecule has 0 heterocycles. The molecule has 1 amide bonds. The van der Waals surface area contributed by atoms with Gasteiger partial charge in [-0.1, -0.05) is 24.3 Å². The smallest absolute Gasteiger partial charge is 0.412 e. The second-order valence-corrected chi connectivity index (χ2v) is 6.14. The minimum absolute atomic E-state index is 0.303. The molecule has 7 heteroatoms. The summed E-state index contributed by atoms with van der Waals surface area (Å²) in [6, 6.07) is 10.9. The lowest BCUT2D eigenvalue weighted by molar-refractivity contribution is -0.385. The number of nitro groups is 1. The molecule has 24 heavy (non-hydrogen) atoms. The number of carbonyl (C=O) groups is 1. The maximum absolute atomic E-state index is 11.8. The molecule has 0 aliphatic rings. The number of benzene rings is 2. The van der Waals surface area contributed by atoms with Crippen LogP contribution in [0.1, 0.15) is 20.8 Å². The van der Waals surface area contributed by atoms with Crippen molar-refractivity contribution in [3.05, 3.63) is 52.6 Å². The van der Waals surface area contributed by atoms with E-state index in [9.17, 15) is 20.0 Å². The van der Waals surface area contributed by atoms with E-state index in [-0.39, 0.29) is 5.69 Å². The lowest BCUT2D eigenvalue weighted by atomic mass is 10.0. The number of nitro benzene ring substituents is 1. The number of nitrogens with one attached hydrogen (secondary N) is 1. The predicted molar refractivity (Wildman–Crippen MR) is 90.1 cm³/mol. The summed E-state index contributed by atoms with van der Waals surface area (Å²) in [6.45, 7) is 5.26. The van der Waals surface area contributed by atoms with Crippen molar-refractivity contribution in [2.45, 2.75) is 26.4 Å². The number of rotatable bonds is 3. The van der Waals surface area contributed by atoms with Crippen LogP contribution in [0.3, 0.4) is 0 Å². The third-order valence-electron chi connectivity index (χ3n) is 3.03. The standard InChI is InChI=1S/C17H18N2O5/c1-17(2,3)24-16(21)18-12-7-4-6-11(10-12)13-8-5-9-14(15(13)20)19(22)23/h4-10,20H,1-3H3,(H,18,21). The van der Waals surface area contributed by atoms with Crippen LogP contribution in [0, 0.1) is 10.1 Å². The first-order valence-electron chi connectivity index (χ1n) is 7.24. The highest BCUT2D eigenvalue weighted by Gasteiger charge is 2.19. The molecule has 0 radical (unpaired) electrons. The minimum Gasteiger partial charge on any atom is -0.502 e. The number of amides is 1. The van der Waals surface area contributed by atoms with Gasteiger partial charge in [-0.05, 0) is 38.5 Å². The summed E-state index contributed by atoms with van der Waals surface area (Å²) in [5.41, 5.74) is 0.285. The molecular formula is C17H18N2O5. The zero-order valence-electron chi connectivity index (χ0n) is 13.6. The average Bonchev–Trinajstić information content (AvgIpc) is 2.45. The average molecular weight is 330 g/mol. The lowest BCUT2D eigenvalue weighted by Crippen LogP contribution is -2.27. The van der Waals surface area contributed by atoms with Gasteiger partial charge in [0.15, 0.2) is 0 Å². The van der Waals surface area contributed by atoms with Crippen molar-refractivity contribution in [1.29, 1.82) is 0 Å². The molecule has 0 saturated carbocycles. The van der Waals surface area contributed by atoms with E-state index >= 15 is 0 Å². The number of phenolic OH excluding ortho intramolecular Hbond substituents is 1. The Morgan fingerprint density at radius 3 is 2.50 bits per heavy atom. The summed E-state index contributed by atoms with van der Waals surface area (Å²) in [5, 5.41) is 23.6. The van der Waals surface area contributed by atoms with Gasteiger partial charge in [0.1, 0.15) is 5.60 Å². The van der Waals surface area contributed by atoms with Crippen molar-refractivity contribution in [2.75, 3.05) is 5.32 Å². The Morgan fingerprint density at radius 1 is 1.21 bits per heavy atom. The molecular weight excluding hydrogens is 312 g/mol. The minimum atomic E-state index is -0.651. The summed E-state index contributed by atoms with van der Waals surface area (Å²) < 4.78 is 5.17. The zero-order chi connectivity index (χ0) is 17.9. The van der Waals surface area contributed by atoms with Crippen LogP contribution in [0.4, 0.5) is 16.2 Å². The summed E-state index contributed by atoms with van der Waals surface area (Å²) in [6.07, 6.45) is -0.608. The van der Waals surface area contributed by atoms with Crippen molar-refractivity contribution < 1.29 is 19.6 Å². The summed E-state index contributed by atoms with van der Waals surface area (Å²) >= 11 is 0. The molecule has 0 unspecified atom stereocenters. The summed E-state index contributed by atoms with van der Waals surface area (Å²) in [7, 11) is 0. The second kappa shape index (κ2) is 6.57. The molecule has 7 nitrogen and oxygen atoms in total. The van der Waals surface area contributed by atoms with E-state index in [1.807, 2.05) is 0 Å². The van der Waals surface area contributed by atoms with Gasteiger partial charge in [-0.3, -0.25) is 15.4 Å². The zero-order valence-corrected chi connectivity index (χ0v) is 13.6. The number of aromatic hydroxyl groups is 1. The van der Waals surface area contributed by atoms with E-state index in [0.29, 0.717) is 16.8 Å². The molecule has 0 spiro atoms. The van der Waals surface area contributed by atoms with Crippen molar-refractivity contribution >= 4 is 17.5 Å². The first kappa shape index (κ1) is 17.3. The first-order valence-corrected chi connectivity index (χ1v) is 7.24. The number of nitrogens with zero attached hydrogens (tertiary/aromatic N) is 1. The summed E-state index contributed by atoms with van der Waals surface area (Å²) in [5.74, 6) is -0.420. The second-order valence-electron chi connectivity index (χ2n) is 6.14. The number of phenols is 1. The third kappa shape index (κ3) is 4.22. The molecule has 0 aromatic heterocycles. The largest absolute Gasteiger partial charge is 0.502 e. The maximum Gasteiger partial charge on any atom is 0.412 e. The van der Waals surface area contributed by atoms with Gasteiger partial charge < -0.3 is 9.84 Å². The van der Waals surface area contributed by atoms with Crippen molar-refractivity contribution in [2.24, 2.45) is 0 Å². The monoisotopic (exact) mass is 330 g/mol. The van der Waals surface area contributed by atoms with Crippen molar-refractivity contribution in [1.82, 2.24) is 0 Å². The molecule has 2 rings (SSSR count). The van der Waals surface area contributed by atoms with Gasteiger partial charge in [-0.25, -0.2) is 4.79 Å². The van der Waals surface area contributed by atoms with E-state index in [4.69, 9.17) is 4.74 Å². The summed E-state index contributed by atoms with van der Waals surface area (Å²) in [4.78, 5) is 22.1. The van der Waals surface area contributed by atoms with Crippen LogP contribution in [0.25, 0.3) is 11.1 Å². The topological polar surface area (TPSA) is 102 Å². The Morgan fingerprint density at radius 2 is 1.88 bits per heavy atom. The molecule has 0 saturated heterocycles. The number of carbonyl (C=O) groups excluding carboxylic acids is 1. The van der Waals surface area contributed by atoms with Gasteiger partial charge in [-0.15, -0.1) is 0 Å². The predicted octanol–water partition coefficient (Wildman–Crippen LogP) is 4.31. The van der Waals surface area contributed by atoms with E-state index in [0.717, 1.165) is 0 Å². The Balaban J connectivity index is 2.30. The van der Waals surface area contributed by atoms with Crippen LogP contribution in [-0.2, 0) is 4.74 Å². The molecule has 2 aromatic rings. The Bertz CT molecular complexity index is 781. The van der Waals surface area contributed by atoms with Crippen LogP contribution >= 0.6 is 0 Å². The van der Waals surface area contributed by atoms with Gasteiger partial charge in [0.25, 0.3) is 0 Å². The molecule has 0 aliphatic heterocycles. The van der Waals surface area contributed by atoms with E-state index in [1.54, 1.807) is 51.1 Å². The maximum atomic E-state index is 11.8. The quantitative estimate of drug-likeness (QED) is 0.645. The lowest BCUT2D eigenvalue weighted by Gasteiger charge is -2.19. The van der Waals surface area contributed by atoms with E-state index in [2.05, 4.69) is 5.32 Å². The fourth-order valence-corrected chi connectivity index (χ4v) is 2.10. The van der Waals surface area contributed by atoms with E-state index < -0.39 is 22.4 Å². The Labute approximate surface area is 139 Å². The van der Waals surface area contributed by atoms with Gasteiger partial charge >= 0.3 is 11.8 Å². The number of para-hydroxylation sites is 1. The van der Waals surface area contributed by atoms with Gasteiger partial charge in [-0.2, -0.15) is 0 Å². The van der Waals surface area contributed by atoms with Crippen LogP contribution in [-0.4, -0.2) is 21.7 Å². The molecule has 0 fully saturated rings. The van der Waals surface area contributed by atoms with Crippen LogP contribution in [0.5, 0.6) is 5.75 Å². The van der Waals surface area contributed by atoms with Crippen LogP contribution in [0.2, 0.25) is 0 Å². The number of anilines is 1. The SMILES string of the molecule is CC(C)(C)OC(=O)Nc1cccc(-c2cccc([N+](=O)[O-])c2O)c1. The van der Waals surface area contributed by atoms with E-state index in [1.165, 1.54) is 12.1 Å². The van der Waals surface area contributed by atoms with Gasteiger partial charge in [0, 0.05) is 17.3 Å². The fourth-order valence-electron chi connectivity index (χ4n) is 2.10. The number of hydrogen-bond donors (Lipinski definition) is 2. The van der Waals surface area contributed by atoms with Crippen LogP contribution in [0.15, 0.2) is 42.5 Å². The molecule has 0 bridgehead atoms. The third-order valence-corrected chi connectivity index (χ3v) is 3.03. The molecule has 2 N–H and O–H groups in total. The van der Waals surface area contributed by atoms with Crippen molar-refractivity contribution in [3.8, 4) is 16.9 Å². The number of ether oxygens (including phenoxy) is 1. The normalized spacial score (nSPS) is 11.0. The molecule has 0 atom stereocenters. The molecule has 0 aliphatic carbocycles. The van der Waals surface area contributed by atoms with Gasteiger partial charge in [0.2, 0.25) is 5.75 Å². The highest BCUT2D eigenvalue weighted by molar-refractivity contribution is 5.87. The highest BCUT2D eigenvalue weighted by atomic mass is 16.6. The van der Waals surface area contributed by atoms with Crippen LogP contribution < -0.4 is 5.32 Å². The highest BCUT2D eigenvalue weighted by Crippen LogP contribution is 2.37. The first-order chi connectivity index (χ1) is 11.2. The number of hydrogen-bond acceptors (Lipinski definition) is 5. The Kier molecular flexibility index (Phi) is 4.73. The molecule has 2 aromatic carbocycles. The Hall–Kier alpha value is -3.09. The van der Waals surface area contributed by atoms with Crippen molar-refractivity contribution in [3.63, 3.8) is 0 Å². The van der Waals surface area contributed by atoms with Gasteiger partial charge in [0.05, 0.1) is 4.92 Å². The molecule has 126 valence electrons. The fraction of sp³-hybridized carbons (Fsp3) is 0.235.